The second kappa shape index (κ2) is 10.9. The molecule has 0 saturated carbocycles. The van der Waals surface area contributed by atoms with Crippen LogP contribution in [0.1, 0.15) is 46.0 Å². The maximum Gasteiger partial charge on any atom is 0.412 e. The quantitative estimate of drug-likeness (QED) is 0.674. The third-order valence-corrected chi connectivity index (χ3v) is 3.52. The van der Waals surface area contributed by atoms with Gasteiger partial charge >= 0.3 is 12.2 Å². The number of thiophene rings is 1. The molecule has 22 heavy (non-hydrogen) atoms. The van der Waals surface area contributed by atoms with Crippen LogP contribution in [0.15, 0.2) is 10.8 Å². The van der Waals surface area contributed by atoms with E-state index >= 15 is 0 Å². The molecule has 2 N–H and O–H groups in total. The Balaban J connectivity index is 2.35. The summed E-state index contributed by atoms with van der Waals surface area (Å²) in [5.41, 5.74) is 0. The van der Waals surface area contributed by atoms with Crippen LogP contribution in [0.4, 0.5) is 9.59 Å². The second-order valence-corrected chi connectivity index (χ2v) is 5.54. The van der Waals surface area contributed by atoms with Crippen molar-refractivity contribution in [3.8, 4) is 11.5 Å². The molecule has 1 aromatic rings. The largest absolute Gasteiger partial charge is 0.412 e. The van der Waals surface area contributed by atoms with Crippen molar-refractivity contribution in [3.63, 3.8) is 0 Å². The maximum atomic E-state index is 11.7. The van der Waals surface area contributed by atoms with Crippen LogP contribution in [-0.4, -0.2) is 25.3 Å². The number of ether oxygens (including phenoxy) is 2. The van der Waals surface area contributed by atoms with Crippen LogP contribution >= 0.6 is 11.3 Å². The van der Waals surface area contributed by atoms with Crippen molar-refractivity contribution in [3.05, 3.63) is 10.8 Å². The average Bonchev–Trinajstić information content (AvgIpc) is 2.92. The van der Waals surface area contributed by atoms with E-state index in [1.165, 1.54) is 11.3 Å². The molecule has 124 valence electrons. The zero-order valence-electron chi connectivity index (χ0n) is 13.1. The van der Waals surface area contributed by atoms with Crippen molar-refractivity contribution in [1.82, 2.24) is 10.6 Å². The van der Waals surface area contributed by atoms with Gasteiger partial charge in [0.15, 0.2) is 11.5 Å². The zero-order chi connectivity index (χ0) is 16.2. The van der Waals surface area contributed by atoms with Crippen molar-refractivity contribution in [2.75, 3.05) is 13.1 Å². The predicted octanol–water partition coefficient (Wildman–Crippen LogP) is 3.92. The molecule has 0 aliphatic carbocycles. The molecule has 0 radical (unpaired) electrons. The van der Waals surface area contributed by atoms with Crippen LogP contribution in [0, 0.1) is 0 Å². The van der Waals surface area contributed by atoms with Gasteiger partial charge in [0.25, 0.3) is 0 Å². The van der Waals surface area contributed by atoms with E-state index in [-0.39, 0.29) is 11.5 Å². The zero-order valence-corrected chi connectivity index (χ0v) is 14.0. The third-order valence-electron chi connectivity index (χ3n) is 2.82. The number of hydrogen-bond donors (Lipinski definition) is 2. The Kier molecular flexibility index (Phi) is 9.06. The van der Waals surface area contributed by atoms with Gasteiger partial charge in [-0.3, -0.25) is 0 Å². The van der Waals surface area contributed by atoms with E-state index in [1.54, 1.807) is 10.8 Å². The van der Waals surface area contributed by atoms with Gasteiger partial charge in [-0.1, -0.05) is 33.1 Å². The van der Waals surface area contributed by atoms with Gasteiger partial charge in [0.05, 0.1) is 0 Å². The molecular weight excluding hydrogens is 304 g/mol. The Bertz CT molecular complexity index is 462. The lowest BCUT2D eigenvalue weighted by molar-refractivity contribution is 0.190. The SMILES string of the molecule is CCCCCCNC(=O)Oc1cscc1OC(=O)NCCC. The van der Waals surface area contributed by atoms with Gasteiger partial charge in [0, 0.05) is 23.8 Å². The third kappa shape index (κ3) is 7.31. The first kappa shape index (κ1) is 18.3. The summed E-state index contributed by atoms with van der Waals surface area (Å²) in [4.78, 5) is 23.2. The van der Waals surface area contributed by atoms with Gasteiger partial charge in [-0.2, -0.15) is 0 Å². The van der Waals surface area contributed by atoms with E-state index in [0.717, 1.165) is 32.1 Å². The van der Waals surface area contributed by atoms with Gasteiger partial charge in [-0.05, 0) is 12.8 Å². The van der Waals surface area contributed by atoms with Crippen molar-refractivity contribution < 1.29 is 19.1 Å². The Labute approximate surface area is 135 Å². The Morgan fingerprint density at radius 3 is 2.05 bits per heavy atom. The molecule has 0 fully saturated rings. The Hall–Kier alpha value is -1.76. The van der Waals surface area contributed by atoms with Gasteiger partial charge in [-0.15, -0.1) is 11.3 Å². The highest BCUT2D eigenvalue weighted by atomic mass is 32.1. The van der Waals surface area contributed by atoms with Crippen LogP contribution in [0.3, 0.4) is 0 Å². The topological polar surface area (TPSA) is 76.7 Å². The molecule has 0 aliphatic rings. The first-order valence-corrected chi connectivity index (χ1v) is 8.59. The molecule has 0 spiro atoms. The lowest BCUT2D eigenvalue weighted by atomic mass is 10.2. The predicted molar refractivity (Wildman–Crippen MR) is 86.8 cm³/mol. The van der Waals surface area contributed by atoms with Crippen LogP contribution in [0.5, 0.6) is 11.5 Å². The number of hydrogen-bond acceptors (Lipinski definition) is 5. The molecule has 0 atom stereocenters. The summed E-state index contributed by atoms with van der Waals surface area (Å²) in [7, 11) is 0. The van der Waals surface area contributed by atoms with Gasteiger partial charge in [-0.25, -0.2) is 9.59 Å². The summed E-state index contributed by atoms with van der Waals surface area (Å²) < 4.78 is 10.3. The molecule has 1 rings (SSSR count). The molecule has 0 bridgehead atoms. The smallest absolute Gasteiger partial charge is 0.405 e. The monoisotopic (exact) mass is 328 g/mol. The van der Waals surface area contributed by atoms with Crippen molar-refractivity contribution in [1.29, 1.82) is 0 Å². The van der Waals surface area contributed by atoms with E-state index in [4.69, 9.17) is 9.47 Å². The Morgan fingerprint density at radius 2 is 1.50 bits per heavy atom. The average molecular weight is 328 g/mol. The molecular formula is C15H24N2O4S. The number of nitrogens with one attached hydrogen (secondary N) is 2. The first-order valence-electron chi connectivity index (χ1n) is 7.64. The van der Waals surface area contributed by atoms with Gasteiger partial charge in [0.1, 0.15) is 0 Å². The summed E-state index contributed by atoms with van der Waals surface area (Å²) in [6.45, 7) is 5.20. The van der Waals surface area contributed by atoms with Crippen molar-refractivity contribution >= 4 is 23.5 Å². The number of carbonyl (C=O) groups excluding carboxylic acids is 2. The van der Waals surface area contributed by atoms with Gasteiger partial charge in [0.2, 0.25) is 0 Å². The summed E-state index contributed by atoms with van der Waals surface area (Å²) in [5.74, 6) is 0.502. The number of unbranched alkanes of at least 4 members (excludes halogenated alkanes) is 3. The number of rotatable bonds is 9. The molecule has 7 heteroatoms. The standard InChI is InChI=1S/C15H24N2O4S/c1-3-5-6-7-9-17-15(19)21-13-11-22-10-12(13)20-14(18)16-8-4-2/h10-11H,3-9H2,1-2H3,(H,16,18)(H,17,19). The molecule has 0 saturated heterocycles. The normalized spacial score (nSPS) is 10.1. The summed E-state index contributed by atoms with van der Waals surface area (Å²) in [5, 5.41) is 8.52. The number of amides is 2. The molecule has 0 aliphatic heterocycles. The summed E-state index contributed by atoms with van der Waals surface area (Å²) >= 11 is 1.30. The summed E-state index contributed by atoms with van der Waals surface area (Å²) in [6.07, 6.45) is 4.06. The van der Waals surface area contributed by atoms with Crippen LogP contribution in [-0.2, 0) is 0 Å². The lowest BCUT2D eigenvalue weighted by Gasteiger charge is -2.08. The molecule has 0 unspecified atom stereocenters. The highest BCUT2D eigenvalue weighted by molar-refractivity contribution is 7.08. The van der Waals surface area contributed by atoms with E-state index in [1.807, 2.05) is 6.92 Å². The highest BCUT2D eigenvalue weighted by Gasteiger charge is 2.14. The van der Waals surface area contributed by atoms with E-state index in [2.05, 4.69) is 17.6 Å². The highest BCUT2D eigenvalue weighted by Crippen LogP contribution is 2.31. The minimum Gasteiger partial charge on any atom is -0.405 e. The molecule has 1 heterocycles. The summed E-state index contributed by atoms with van der Waals surface area (Å²) in [6, 6.07) is 0. The van der Waals surface area contributed by atoms with E-state index in [0.29, 0.717) is 13.1 Å². The second-order valence-electron chi connectivity index (χ2n) is 4.79. The Morgan fingerprint density at radius 1 is 0.909 bits per heavy atom. The van der Waals surface area contributed by atoms with Crippen LogP contribution in [0.25, 0.3) is 0 Å². The fraction of sp³-hybridized carbons (Fsp3) is 0.600. The lowest BCUT2D eigenvalue weighted by Crippen LogP contribution is -2.29. The minimum atomic E-state index is -0.551. The van der Waals surface area contributed by atoms with E-state index in [9.17, 15) is 9.59 Å². The van der Waals surface area contributed by atoms with Gasteiger partial charge < -0.3 is 20.1 Å². The van der Waals surface area contributed by atoms with Crippen molar-refractivity contribution in [2.45, 2.75) is 46.0 Å². The number of carbonyl (C=O) groups is 2. The molecule has 2 amide bonds. The maximum absolute atomic E-state index is 11.7. The molecule has 0 aromatic carbocycles. The minimum absolute atomic E-state index is 0.250. The van der Waals surface area contributed by atoms with E-state index < -0.39 is 12.2 Å². The van der Waals surface area contributed by atoms with Crippen LogP contribution < -0.4 is 20.1 Å². The fourth-order valence-corrected chi connectivity index (χ4v) is 2.31. The first-order chi connectivity index (χ1) is 10.7. The van der Waals surface area contributed by atoms with Crippen LogP contribution in [0.2, 0.25) is 0 Å². The molecule has 1 aromatic heterocycles. The fourth-order valence-electron chi connectivity index (χ4n) is 1.66. The van der Waals surface area contributed by atoms with Crippen molar-refractivity contribution in [2.24, 2.45) is 0 Å². The molecule has 6 nitrogen and oxygen atoms in total.